The average Bonchev–Trinajstić information content (AvgIpc) is 2.84. The fraction of sp³-hybridized carbons (Fsp3) is 0.320. The summed E-state index contributed by atoms with van der Waals surface area (Å²) in [4.78, 5) is 34.7. The molecule has 1 atom stereocenters. The Labute approximate surface area is 203 Å². The van der Waals surface area contributed by atoms with Gasteiger partial charge in [-0.05, 0) is 41.3 Å². The van der Waals surface area contributed by atoms with E-state index in [1.807, 2.05) is 24.3 Å². The van der Waals surface area contributed by atoms with Crippen LogP contribution in [-0.2, 0) is 9.53 Å². The molecule has 2 aromatic carbocycles. The van der Waals surface area contributed by atoms with Crippen LogP contribution in [0.4, 0.5) is 9.59 Å². The third kappa shape index (κ3) is 9.28. The van der Waals surface area contributed by atoms with Crippen molar-refractivity contribution >= 4 is 30.3 Å². The van der Waals surface area contributed by atoms with Crippen LogP contribution in [0.2, 0.25) is 0 Å². The molecule has 10 heteroatoms. The fourth-order valence-electron chi connectivity index (χ4n) is 2.98. The number of carbonyl (C=O) groups excluding carboxylic acids is 2. The summed E-state index contributed by atoms with van der Waals surface area (Å²) in [5.41, 5.74) is 1.78. The van der Waals surface area contributed by atoms with Crippen LogP contribution in [0, 0.1) is 5.92 Å². The minimum absolute atomic E-state index is 0.0112. The molecule has 0 spiro atoms. The molecule has 2 amide bonds. The number of carboxylic acid groups (broad SMARTS) is 1. The zero-order valence-corrected chi connectivity index (χ0v) is 20.1. The largest absolute Gasteiger partial charge is 0.513 e. The highest BCUT2D eigenvalue weighted by molar-refractivity contribution is 5.85. The van der Waals surface area contributed by atoms with Gasteiger partial charge < -0.3 is 34.7 Å². The molecule has 0 saturated carbocycles. The number of carbonyl (C=O) groups is 3. The van der Waals surface area contributed by atoms with Gasteiger partial charge in [0.05, 0.1) is 20.8 Å². The lowest BCUT2D eigenvalue weighted by Gasteiger charge is -2.19. The Bertz CT molecular complexity index is 1010. The van der Waals surface area contributed by atoms with Gasteiger partial charge in [-0.3, -0.25) is 4.79 Å². The normalized spacial score (nSPS) is 11.6. The minimum atomic E-state index is -1.29. The summed E-state index contributed by atoms with van der Waals surface area (Å²) in [5, 5.41) is 13.5. The fourth-order valence-corrected chi connectivity index (χ4v) is 2.98. The Kier molecular flexibility index (Phi) is 10.4. The zero-order chi connectivity index (χ0) is 25.8. The van der Waals surface area contributed by atoms with E-state index < -0.39 is 24.2 Å². The molecule has 0 bridgehead atoms. The number of benzene rings is 2. The Morgan fingerprint density at radius 2 is 1.51 bits per heavy atom. The molecule has 2 aromatic rings. The quantitative estimate of drug-likeness (QED) is 0.189. The molecule has 3 N–H and O–H groups in total. The van der Waals surface area contributed by atoms with E-state index in [9.17, 15) is 14.4 Å². The van der Waals surface area contributed by atoms with E-state index >= 15 is 0 Å². The third-order valence-electron chi connectivity index (χ3n) is 4.77. The van der Waals surface area contributed by atoms with Crippen molar-refractivity contribution in [1.82, 2.24) is 10.6 Å². The molecular weight excluding hydrogens is 456 g/mol. The van der Waals surface area contributed by atoms with Crippen LogP contribution in [0.1, 0.15) is 25.0 Å². The predicted molar refractivity (Wildman–Crippen MR) is 130 cm³/mol. The molecule has 0 heterocycles. The summed E-state index contributed by atoms with van der Waals surface area (Å²) < 4.78 is 20.6. The SMILES string of the molecule is COc1cc(/C=C/c2ccc(OC(=O)OCCNC(=O)C(NC(=O)O)C(C)C)cc2)cc(OC)c1. The zero-order valence-electron chi connectivity index (χ0n) is 20.1. The van der Waals surface area contributed by atoms with Gasteiger partial charge in [0, 0.05) is 6.07 Å². The molecule has 0 aliphatic rings. The molecule has 1 unspecified atom stereocenters. The molecule has 0 aliphatic heterocycles. The molecule has 0 aromatic heterocycles. The summed E-state index contributed by atoms with van der Waals surface area (Å²) >= 11 is 0. The van der Waals surface area contributed by atoms with E-state index in [4.69, 9.17) is 24.1 Å². The van der Waals surface area contributed by atoms with Gasteiger partial charge in [0.15, 0.2) is 0 Å². The van der Waals surface area contributed by atoms with Crippen molar-refractivity contribution in [3.05, 3.63) is 53.6 Å². The maximum Gasteiger partial charge on any atom is 0.513 e. The van der Waals surface area contributed by atoms with Gasteiger partial charge in [0.1, 0.15) is 29.9 Å². The van der Waals surface area contributed by atoms with Gasteiger partial charge >= 0.3 is 12.2 Å². The van der Waals surface area contributed by atoms with E-state index in [2.05, 4.69) is 10.6 Å². The van der Waals surface area contributed by atoms with Gasteiger partial charge in [-0.1, -0.05) is 38.1 Å². The number of methoxy groups -OCH3 is 2. The van der Waals surface area contributed by atoms with Gasteiger partial charge in [-0.15, -0.1) is 0 Å². The second-order valence-electron chi connectivity index (χ2n) is 7.71. The van der Waals surface area contributed by atoms with E-state index in [0.717, 1.165) is 11.1 Å². The third-order valence-corrected chi connectivity index (χ3v) is 4.77. The Balaban J connectivity index is 1.81. The van der Waals surface area contributed by atoms with Crippen LogP contribution < -0.4 is 24.8 Å². The predicted octanol–water partition coefficient (Wildman–Crippen LogP) is 3.80. The first-order valence-electron chi connectivity index (χ1n) is 10.8. The minimum Gasteiger partial charge on any atom is -0.497 e. The summed E-state index contributed by atoms with van der Waals surface area (Å²) in [6, 6.07) is 11.4. The lowest BCUT2D eigenvalue weighted by atomic mass is 10.0. The second kappa shape index (κ2) is 13.5. The summed E-state index contributed by atoms with van der Waals surface area (Å²) in [6.45, 7) is 3.31. The lowest BCUT2D eigenvalue weighted by Crippen LogP contribution is -2.49. The standard InChI is InChI=1S/C25H30N2O8/c1-16(2)22(27-24(29)30)23(28)26-11-12-34-25(31)35-19-9-7-17(8-10-19)5-6-18-13-20(32-3)15-21(14-18)33-4/h5-10,13-16,22,27H,11-12H2,1-4H3,(H,26,28)(H,29,30)/b6-5+. The van der Waals surface area contributed by atoms with Crippen molar-refractivity contribution in [2.24, 2.45) is 5.92 Å². The van der Waals surface area contributed by atoms with Crippen LogP contribution in [0.15, 0.2) is 42.5 Å². The highest BCUT2D eigenvalue weighted by atomic mass is 16.7. The number of nitrogens with one attached hydrogen (secondary N) is 2. The Morgan fingerprint density at radius 1 is 0.914 bits per heavy atom. The second-order valence-corrected chi connectivity index (χ2v) is 7.71. The van der Waals surface area contributed by atoms with Crippen molar-refractivity contribution in [2.75, 3.05) is 27.4 Å². The van der Waals surface area contributed by atoms with Gasteiger partial charge in [-0.25, -0.2) is 9.59 Å². The summed E-state index contributed by atoms with van der Waals surface area (Å²) in [6.07, 6.45) is 1.58. The van der Waals surface area contributed by atoms with Crippen molar-refractivity contribution < 1.29 is 38.4 Å². The summed E-state index contributed by atoms with van der Waals surface area (Å²) in [7, 11) is 3.17. The average molecular weight is 487 g/mol. The molecular formula is C25H30N2O8. The number of hydrogen-bond acceptors (Lipinski definition) is 7. The first-order valence-corrected chi connectivity index (χ1v) is 10.8. The highest BCUT2D eigenvalue weighted by Gasteiger charge is 2.23. The maximum atomic E-state index is 12.1. The highest BCUT2D eigenvalue weighted by Crippen LogP contribution is 2.24. The monoisotopic (exact) mass is 486 g/mol. The molecule has 0 radical (unpaired) electrons. The molecule has 0 fully saturated rings. The Morgan fingerprint density at radius 3 is 2.06 bits per heavy atom. The molecule has 0 aliphatic carbocycles. The van der Waals surface area contributed by atoms with Crippen LogP contribution in [0.3, 0.4) is 0 Å². The molecule has 2 rings (SSSR count). The molecule has 188 valence electrons. The van der Waals surface area contributed by atoms with Gasteiger partial charge in [0.25, 0.3) is 0 Å². The van der Waals surface area contributed by atoms with E-state index in [1.165, 1.54) is 0 Å². The molecule has 35 heavy (non-hydrogen) atoms. The van der Waals surface area contributed by atoms with Crippen LogP contribution in [-0.4, -0.2) is 56.7 Å². The van der Waals surface area contributed by atoms with Crippen molar-refractivity contribution in [3.63, 3.8) is 0 Å². The molecule has 0 saturated heterocycles. The number of ether oxygens (including phenoxy) is 4. The number of rotatable bonds is 11. The smallest absolute Gasteiger partial charge is 0.497 e. The molecule has 10 nitrogen and oxygen atoms in total. The van der Waals surface area contributed by atoms with Crippen molar-refractivity contribution in [1.29, 1.82) is 0 Å². The number of hydrogen-bond donors (Lipinski definition) is 3. The van der Waals surface area contributed by atoms with Gasteiger partial charge in [-0.2, -0.15) is 0 Å². The van der Waals surface area contributed by atoms with Crippen LogP contribution >= 0.6 is 0 Å². The topological polar surface area (TPSA) is 132 Å². The van der Waals surface area contributed by atoms with Crippen LogP contribution in [0.25, 0.3) is 12.2 Å². The lowest BCUT2D eigenvalue weighted by molar-refractivity contribution is -0.124. The summed E-state index contributed by atoms with van der Waals surface area (Å²) in [5.74, 6) is 0.915. The number of amides is 2. The van der Waals surface area contributed by atoms with Crippen molar-refractivity contribution in [3.8, 4) is 17.2 Å². The first kappa shape index (κ1) is 27.0. The maximum absolute atomic E-state index is 12.1. The Hall–Kier alpha value is -4.21. The van der Waals surface area contributed by atoms with Gasteiger partial charge in [0.2, 0.25) is 5.91 Å². The first-order chi connectivity index (χ1) is 16.7. The van der Waals surface area contributed by atoms with E-state index in [1.54, 1.807) is 58.4 Å². The van der Waals surface area contributed by atoms with E-state index in [0.29, 0.717) is 17.2 Å². The van der Waals surface area contributed by atoms with E-state index in [-0.39, 0.29) is 19.1 Å². The van der Waals surface area contributed by atoms with Crippen molar-refractivity contribution in [2.45, 2.75) is 19.9 Å². The van der Waals surface area contributed by atoms with Crippen LogP contribution in [0.5, 0.6) is 17.2 Å².